The molecule has 54 heavy (non-hydrogen) atoms. The van der Waals surface area contributed by atoms with Crippen molar-refractivity contribution in [2.24, 2.45) is 0 Å². The van der Waals surface area contributed by atoms with Crippen LogP contribution in [0, 0.1) is 0 Å². The summed E-state index contributed by atoms with van der Waals surface area (Å²) in [6.45, 7) is 2.60. The van der Waals surface area contributed by atoms with Crippen LogP contribution in [0.15, 0.2) is 36.5 Å². The van der Waals surface area contributed by atoms with Crippen LogP contribution in [-0.2, 0) is 23.7 Å². The minimum absolute atomic E-state index is 0.244. The summed E-state index contributed by atoms with van der Waals surface area (Å²) in [5, 5.41) is 86.1. The van der Waals surface area contributed by atoms with Crippen LogP contribution in [0.1, 0.15) is 117 Å². The second kappa shape index (κ2) is 28.6. The molecule has 0 spiro atoms. The van der Waals surface area contributed by atoms with Gasteiger partial charge < -0.3 is 65.1 Å². The van der Waals surface area contributed by atoms with E-state index < -0.39 is 86.8 Å². The van der Waals surface area contributed by atoms with E-state index in [1.165, 1.54) is 12.8 Å². The fraction of sp³-hybridized carbons (Fsp3) is 0.825. The molecule has 9 N–H and O–H groups in total. The average Bonchev–Trinajstić information content (AvgIpc) is 3.17. The molecule has 2 fully saturated rings. The SMILES string of the molecule is CC/C=C\C/C=C\C/C=C\CCCCCC(=O)NC(COC1OC(CO)C(OC2OC(CO)C(O)C(O)C2O)C(O)C1O)C(O)CCCCCCCCC. The van der Waals surface area contributed by atoms with Crippen LogP contribution in [-0.4, -0.2) is 140 Å². The Kier molecular flexibility index (Phi) is 25.6. The molecule has 0 aromatic heterocycles. The van der Waals surface area contributed by atoms with E-state index in [2.05, 4.69) is 55.6 Å². The summed E-state index contributed by atoms with van der Waals surface area (Å²) in [6, 6.07) is -0.838. The molecule has 2 heterocycles. The largest absolute Gasteiger partial charge is 0.394 e. The van der Waals surface area contributed by atoms with E-state index in [1.54, 1.807) is 0 Å². The van der Waals surface area contributed by atoms with Crippen LogP contribution in [0.4, 0.5) is 0 Å². The van der Waals surface area contributed by atoms with Crippen LogP contribution < -0.4 is 5.32 Å². The molecular formula is C40H71NO13. The molecular weight excluding hydrogens is 702 g/mol. The zero-order chi connectivity index (χ0) is 39.7. The Labute approximate surface area is 321 Å². The number of nitrogens with one attached hydrogen (secondary N) is 1. The molecule has 314 valence electrons. The van der Waals surface area contributed by atoms with Crippen LogP contribution in [0.25, 0.3) is 0 Å². The number of hydrogen-bond acceptors (Lipinski definition) is 13. The molecule has 12 unspecified atom stereocenters. The normalized spacial score (nSPS) is 30.4. The summed E-state index contributed by atoms with van der Waals surface area (Å²) in [5.41, 5.74) is 0. The van der Waals surface area contributed by atoms with Gasteiger partial charge in [0, 0.05) is 6.42 Å². The first-order valence-electron chi connectivity index (χ1n) is 20.2. The molecule has 0 aromatic rings. The Balaban J connectivity index is 1.93. The van der Waals surface area contributed by atoms with Crippen molar-refractivity contribution in [2.75, 3.05) is 19.8 Å². The number of allylic oxidation sites excluding steroid dienone is 6. The maximum absolute atomic E-state index is 13.0. The quantitative estimate of drug-likeness (QED) is 0.0412. The number of carbonyl (C=O) groups is 1. The van der Waals surface area contributed by atoms with Crippen molar-refractivity contribution >= 4 is 5.91 Å². The third-order valence-corrected chi connectivity index (χ3v) is 9.87. The third-order valence-electron chi connectivity index (χ3n) is 9.87. The van der Waals surface area contributed by atoms with Crippen molar-refractivity contribution in [3.63, 3.8) is 0 Å². The van der Waals surface area contributed by atoms with E-state index in [9.17, 15) is 45.6 Å². The summed E-state index contributed by atoms with van der Waals surface area (Å²) in [6.07, 6.45) is 10.6. The predicted molar refractivity (Wildman–Crippen MR) is 203 cm³/mol. The summed E-state index contributed by atoms with van der Waals surface area (Å²) in [5.74, 6) is -0.244. The maximum atomic E-state index is 13.0. The van der Waals surface area contributed by atoms with Crippen LogP contribution in [0.5, 0.6) is 0 Å². The topological polar surface area (TPSA) is 228 Å². The maximum Gasteiger partial charge on any atom is 0.220 e. The molecule has 0 aromatic carbocycles. The number of aliphatic hydroxyl groups excluding tert-OH is 8. The van der Waals surface area contributed by atoms with Gasteiger partial charge in [0.25, 0.3) is 0 Å². The van der Waals surface area contributed by atoms with Gasteiger partial charge in [-0.1, -0.05) is 102 Å². The molecule has 0 saturated carbocycles. The molecule has 14 heteroatoms. The summed E-state index contributed by atoms with van der Waals surface area (Å²) in [4.78, 5) is 13.0. The summed E-state index contributed by atoms with van der Waals surface area (Å²) >= 11 is 0. The highest BCUT2D eigenvalue weighted by molar-refractivity contribution is 5.76. The molecule has 0 bridgehead atoms. The summed E-state index contributed by atoms with van der Waals surface area (Å²) in [7, 11) is 0. The van der Waals surface area contributed by atoms with E-state index in [0.717, 1.165) is 70.6 Å². The van der Waals surface area contributed by atoms with Gasteiger partial charge in [-0.15, -0.1) is 0 Å². The number of unbranched alkanes of at least 4 members (excludes halogenated alkanes) is 9. The lowest BCUT2D eigenvalue weighted by Gasteiger charge is -2.46. The number of hydrogen-bond donors (Lipinski definition) is 9. The first-order valence-corrected chi connectivity index (χ1v) is 20.2. The third kappa shape index (κ3) is 17.6. The van der Waals surface area contributed by atoms with Gasteiger partial charge in [-0.05, 0) is 44.9 Å². The first kappa shape index (κ1) is 48.4. The van der Waals surface area contributed by atoms with Gasteiger partial charge in [-0.25, -0.2) is 0 Å². The van der Waals surface area contributed by atoms with Crippen molar-refractivity contribution in [2.45, 2.75) is 190 Å². The van der Waals surface area contributed by atoms with E-state index in [1.807, 2.05) is 0 Å². The fourth-order valence-electron chi connectivity index (χ4n) is 6.48. The van der Waals surface area contributed by atoms with E-state index in [4.69, 9.17) is 18.9 Å². The summed E-state index contributed by atoms with van der Waals surface area (Å²) < 4.78 is 22.5. The minimum atomic E-state index is -1.78. The van der Waals surface area contributed by atoms with Crippen molar-refractivity contribution in [1.82, 2.24) is 5.32 Å². The van der Waals surface area contributed by atoms with Crippen LogP contribution >= 0.6 is 0 Å². The highest BCUT2D eigenvalue weighted by atomic mass is 16.7. The van der Waals surface area contributed by atoms with Crippen molar-refractivity contribution in [3.05, 3.63) is 36.5 Å². The zero-order valence-electron chi connectivity index (χ0n) is 32.4. The minimum Gasteiger partial charge on any atom is -0.394 e. The van der Waals surface area contributed by atoms with Gasteiger partial charge in [0.05, 0.1) is 32.0 Å². The molecule has 2 saturated heterocycles. The van der Waals surface area contributed by atoms with Crippen molar-refractivity contribution < 1.29 is 64.6 Å². The second-order valence-corrected chi connectivity index (χ2v) is 14.4. The Hall–Kier alpha value is -1.79. The molecule has 1 amide bonds. The Morgan fingerprint density at radius 1 is 0.685 bits per heavy atom. The molecule has 0 aliphatic carbocycles. The zero-order valence-corrected chi connectivity index (χ0v) is 32.4. The predicted octanol–water partition coefficient (Wildman–Crippen LogP) is 2.42. The second-order valence-electron chi connectivity index (χ2n) is 14.4. The number of carbonyl (C=O) groups excluding carboxylic acids is 1. The standard InChI is InChI=1S/C40H71NO13/c1-3-5-7-9-11-12-13-14-15-16-18-20-22-24-32(45)41-28(29(44)23-21-19-17-10-8-6-4-2)27-51-39-37(50)35(48)38(31(26-43)53-39)54-40-36(49)34(47)33(46)30(25-42)52-40/h5,7,11-12,14-15,28-31,33-40,42-44,46-50H,3-4,6,8-10,13,16-27H2,1-2H3,(H,41,45)/b7-5-,12-11-,15-14-. The molecule has 2 aliphatic heterocycles. The number of rotatable bonds is 28. The monoisotopic (exact) mass is 773 g/mol. The average molecular weight is 774 g/mol. The van der Waals surface area contributed by atoms with Gasteiger partial charge in [0.15, 0.2) is 12.6 Å². The van der Waals surface area contributed by atoms with Gasteiger partial charge in [0.2, 0.25) is 5.91 Å². The lowest BCUT2D eigenvalue weighted by molar-refractivity contribution is -0.359. The van der Waals surface area contributed by atoms with E-state index in [-0.39, 0.29) is 18.9 Å². The van der Waals surface area contributed by atoms with Gasteiger partial charge in [0.1, 0.15) is 48.8 Å². The molecule has 0 radical (unpaired) electrons. The first-order chi connectivity index (χ1) is 26.1. The number of aliphatic hydroxyl groups is 8. The molecule has 2 aliphatic rings. The Morgan fingerprint density at radius 3 is 1.94 bits per heavy atom. The molecule has 14 nitrogen and oxygen atoms in total. The van der Waals surface area contributed by atoms with Gasteiger partial charge >= 0.3 is 0 Å². The van der Waals surface area contributed by atoms with Crippen LogP contribution in [0.2, 0.25) is 0 Å². The Bertz CT molecular complexity index is 1060. The fourth-order valence-corrected chi connectivity index (χ4v) is 6.48. The number of amides is 1. The van der Waals surface area contributed by atoms with Gasteiger partial charge in [-0.3, -0.25) is 4.79 Å². The lowest BCUT2D eigenvalue weighted by atomic mass is 9.97. The van der Waals surface area contributed by atoms with Crippen molar-refractivity contribution in [1.29, 1.82) is 0 Å². The number of ether oxygens (including phenoxy) is 4. The van der Waals surface area contributed by atoms with Crippen LogP contribution in [0.3, 0.4) is 0 Å². The van der Waals surface area contributed by atoms with Gasteiger partial charge in [-0.2, -0.15) is 0 Å². The van der Waals surface area contributed by atoms with Crippen molar-refractivity contribution in [3.8, 4) is 0 Å². The lowest BCUT2D eigenvalue weighted by Crippen LogP contribution is -2.65. The molecule has 2 rings (SSSR count). The van der Waals surface area contributed by atoms with E-state index in [0.29, 0.717) is 12.8 Å². The molecule has 12 atom stereocenters. The Morgan fingerprint density at radius 2 is 1.28 bits per heavy atom. The van der Waals surface area contributed by atoms with E-state index >= 15 is 0 Å². The smallest absolute Gasteiger partial charge is 0.220 e. The highest BCUT2D eigenvalue weighted by Crippen LogP contribution is 2.30. The highest BCUT2D eigenvalue weighted by Gasteiger charge is 2.50.